The number of benzene rings is 2. The molecule has 0 spiro atoms. The number of nitrogens with one attached hydrogen (secondary N) is 1. The van der Waals surface area contributed by atoms with Crippen LogP contribution in [0.1, 0.15) is 0 Å². The predicted octanol–water partition coefficient (Wildman–Crippen LogP) is 2.07. The molecule has 2 aromatic rings. The first-order chi connectivity index (χ1) is 12.0. The van der Waals surface area contributed by atoms with Gasteiger partial charge in [-0.2, -0.15) is 0 Å². The van der Waals surface area contributed by atoms with Crippen molar-refractivity contribution in [3.05, 3.63) is 42.5 Å². The van der Waals surface area contributed by atoms with E-state index in [2.05, 4.69) is 4.72 Å². The van der Waals surface area contributed by atoms with Gasteiger partial charge in [0.05, 0.1) is 21.3 Å². The van der Waals surface area contributed by atoms with Gasteiger partial charge in [0.2, 0.25) is 10.0 Å². The van der Waals surface area contributed by atoms with Gasteiger partial charge in [-0.1, -0.05) is 12.1 Å². The van der Waals surface area contributed by atoms with Crippen molar-refractivity contribution < 1.29 is 27.4 Å². The second-order valence-electron chi connectivity index (χ2n) is 4.91. The van der Waals surface area contributed by atoms with Crippen molar-refractivity contribution in [3.63, 3.8) is 0 Å². The highest BCUT2D eigenvalue weighted by atomic mass is 32.2. The quantitative estimate of drug-likeness (QED) is 0.683. The fourth-order valence-corrected chi connectivity index (χ4v) is 3.34. The van der Waals surface area contributed by atoms with E-state index in [0.29, 0.717) is 17.2 Å². The standard InChI is InChI=1S/C17H21NO6S/c1-21-13-8-9-16(23-3)17(12-13)25(19,20)18-10-11-24-15-7-5-4-6-14(15)22-2/h4-9,12,18H,10-11H2,1-3H3. The van der Waals surface area contributed by atoms with E-state index in [4.69, 9.17) is 18.9 Å². The lowest BCUT2D eigenvalue weighted by atomic mass is 10.3. The highest BCUT2D eigenvalue weighted by Crippen LogP contribution is 2.28. The Bertz CT molecular complexity index is 807. The molecule has 0 saturated carbocycles. The van der Waals surface area contributed by atoms with Crippen molar-refractivity contribution in [2.75, 3.05) is 34.5 Å². The molecule has 0 aliphatic carbocycles. The number of hydrogen-bond acceptors (Lipinski definition) is 6. The molecule has 0 aromatic heterocycles. The van der Waals surface area contributed by atoms with Crippen LogP contribution in [0, 0.1) is 0 Å². The molecular formula is C17H21NO6S. The van der Waals surface area contributed by atoms with Gasteiger partial charge in [0, 0.05) is 12.6 Å². The molecule has 8 heteroatoms. The fourth-order valence-electron chi connectivity index (χ4n) is 2.15. The summed E-state index contributed by atoms with van der Waals surface area (Å²) in [6.07, 6.45) is 0. The van der Waals surface area contributed by atoms with Gasteiger partial charge in [-0.3, -0.25) is 0 Å². The van der Waals surface area contributed by atoms with Crippen molar-refractivity contribution in [1.29, 1.82) is 0 Å². The van der Waals surface area contributed by atoms with E-state index in [9.17, 15) is 8.42 Å². The molecule has 0 fully saturated rings. The molecule has 0 radical (unpaired) electrons. The first kappa shape index (κ1) is 18.9. The zero-order valence-corrected chi connectivity index (χ0v) is 15.1. The summed E-state index contributed by atoms with van der Waals surface area (Å²) in [6, 6.07) is 11.7. The monoisotopic (exact) mass is 367 g/mol. The third-order valence-corrected chi connectivity index (χ3v) is 4.86. The molecule has 0 amide bonds. The normalized spacial score (nSPS) is 11.0. The lowest BCUT2D eigenvalue weighted by Crippen LogP contribution is -2.28. The second-order valence-corrected chi connectivity index (χ2v) is 6.65. The molecule has 0 aliphatic rings. The molecule has 2 rings (SSSR count). The van der Waals surface area contributed by atoms with Gasteiger partial charge in [-0.25, -0.2) is 13.1 Å². The van der Waals surface area contributed by atoms with Gasteiger partial charge in [0.1, 0.15) is 23.0 Å². The third-order valence-electron chi connectivity index (χ3n) is 3.38. The van der Waals surface area contributed by atoms with Crippen LogP contribution in [0.25, 0.3) is 0 Å². The molecule has 2 aromatic carbocycles. The summed E-state index contributed by atoms with van der Waals surface area (Å²) in [5, 5.41) is 0. The maximum Gasteiger partial charge on any atom is 0.244 e. The first-order valence-electron chi connectivity index (χ1n) is 7.49. The fraction of sp³-hybridized carbons (Fsp3) is 0.294. The Morgan fingerprint density at radius 3 is 2.20 bits per heavy atom. The van der Waals surface area contributed by atoms with Crippen molar-refractivity contribution in [1.82, 2.24) is 4.72 Å². The van der Waals surface area contributed by atoms with Crippen LogP contribution in [0.3, 0.4) is 0 Å². The van der Waals surface area contributed by atoms with Gasteiger partial charge >= 0.3 is 0 Å². The number of ether oxygens (including phenoxy) is 4. The van der Waals surface area contributed by atoms with Crippen LogP contribution in [0.15, 0.2) is 47.4 Å². The number of rotatable bonds is 9. The Morgan fingerprint density at radius 2 is 1.56 bits per heavy atom. The molecule has 136 valence electrons. The van der Waals surface area contributed by atoms with Crippen LogP contribution in [-0.4, -0.2) is 42.9 Å². The molecule has 0 bridgehead atoms. The lowest BCUT2D eigenvalue weighted by Gasteiger charge is -2.13. The number of hydrogen-bond donors (Lipinski definition) is 1. The summed E-state index contributed by atoms with van der Waals surface area (Å²) in [5.41, 5.74) is 0. The zero-order chi connectivity index (χ0) is 18.3. The van der Waals surface area contributed by atoms with Crippen LogP contribution in [0.2, 0.25) is 0 Å². The topological polar surface area (TPSA) is 83.1 Å². The lowest BCUT2D eigenvalue weighted by molar-refractivity contribution is 0.298. The highest BCUT2D eigenvalue weighted by Gasteiger charge is 2.20. The Morgan fingerprint density at radius 1 is 0.880 bits per heavy atom. The molecule has 0 aliphatic heterocycles. The molecule has 1 N–H and O–H groups in total. The summed E-state index contributed by atoms with van der Waals surface area (Å²) in [5.74, 6) is 1.79. The van der Waals surface area contributed by atoms with Gasteiger partial charge in [-0.05, 0) is 24.3 Å². The van der Waals surface area contributed by atoms with Crippen LogP contribution < -0.4 is 23.7 Å². The number of para-hydroxylation sites is 2. The van der Waals surface area contributed by atoms with Crippen LogP contribution >= 0.6 is 0 Å². The largest absolute Gasteiger partial charge is 0.497 e. The van der Waals surface area contributed by atoms with Crippen LogP contribution in [0.4, 0.5) is 0 Å². The molecule has 7 nitrogen and oxygen atoms in total. The highest BCUT2D eigenvalue weighted by molar-refractivity contribution is 7.89. The summed E-state index contributed by atoms with van der Waals surface area (Å²) < 4.78 is 48.4. The Labute approximate surface area is 147 Å². The molecule has 0 unspecified atom stereocenters. The first-order valence-corrected chi connectivity index (χ1v) is 8.97. The van der Waals surface area contributed by atoms with E-state index >= 15 is 0 Å². The number of methoxy groups -OCH3 is 3. The van der Waals surface area contributed by atoms with Gasteiger partial charge in [-0.15, -0.1) is 0 Å². The Kier molecular flexibility index (Phi) is 6.49. The van der Waals surface area contributed by atoms with E-state index in [1.165, 1.54) is 20.3 Å². The van der Waals surface area contributed by atoms with E-state index in [1.807, 2.05) is 12.1 Å². The van der Waals surface area contributed by atoms with Crippen molar-refractivity contribution in [3.8, 4) is 23.0 Å². The maximum absolute atomic E-state index is 12.5. The van der Waals surface area contributed by atoms with Crippen LogP contribution in [0.5, 0.6) is 23.0 Å². The van der Waals surface area contributed by atoms with E-state index in [0.717, 1.165) is 0 Å². The minimum atomic E-state index is -3.77. The molecule has 0 saturated heterocycles. The average Bonchev–Trinajstić information content (AvgIpc) is 2.65. The van der Waals surface area contributed by atoms with Crippen molar-refractivity contribution in [2.24, 2.45) is 0 Å². The average molecular weight is 367 g/mol. The summed E-state index contributed by atoms with van der Waals surface area (Å²) in [7, 11) is 0.643. The summed E-state index contributed by atoms with van der Waals surface area (Å²) in [4.78, 5) is 0.00615. The molecule has 0 atom stereocenters. The Hall–Kier alpha value is -2.45. The van der Waals surface area contributed by atoms with E-state index < -0.39 is 10.0 Å². The summed E-state index contributed by atoms with van der Waals surface area (Å²) in [6.45, 7) is 0.229. The SMILES string of the molecule is COc1ccc(OC)c(S(=O)(=O)NCCOc2ccccc2OC)c1. The van der Waals surface area contributed by atoms with E-state index in [1.54, 1.807) is 31.4 Å². The minimum Gasteiger partial charge on any atom is -0.497 e. The molecule has 0 heterocycles. The third kappa shape index (κ3) is 4.77. The predicted molar refractivity (Wildman–Crippen MR) is 93.2 cm³/mol. The van der Waals surface area contributed by atoms with E-state index in [-0.39, 0.29) is 23.8 Å². The molecule has 25 heavy (non-hydrogen) atoms. The minimum absolute atomic E-state index is 0.00615. The molecular weight excluding hydrogens is 346 g/mol. The van der Waals surface area contributed by atoms with Crippen LogP contribution in [-0.2, 0) is 10.0 Å². The van der Waals surface area contributed by atoms with Gasteiger partial charge in [0.25, 0.3) is 0 Å². The summed E-state index contributed by atoms with van der Waals surface area (Å²) >= 11 is 0. The van der Waals surface area contributed by atoms with Gasteiger partial charge in [0.15, 0.2) is 11.5 Å². The second kappa shape index (κ2) is 8.59. The maximum atomic E-state index is 12.5. The smallest absolute Gasteiger partial charge is 0.244 e. The van der Waals surface area contributed by atoms with Crippen molar-refractivity contribution >= 4 is 10.0 Å². The Balaban J connectivity index is 2.02. The van der Waals surface area contributed by atoms with Gasteiger partial charge < -0.3 is 18.9 Å². The zero-order valence-electron chi connectivity index (χ0n) is 14.3. The van der Waals surface area contributed by atoms with Crippen molar-refractivity contribution in [2.45, 2.75) is 4.90 Å². The number of sulfonamides is 1.